The lowest BCUT2D eigenvalue weighted by molar-refractivity contribution is -0.148. The number of carbonyl (C=O) groups is 1. The maximum absolute atomic E-state index is 11.2. The number of aryl methyl sites for hydroxylation is 1. The van der Waals surface area contributed by atoms with Gasteiger partial charge >= 0.3 is 10.8 Å². The van der Waals surface area contributed by atoms with E-state index in [1.54, 1.807) is 26.2 Å². The van der Waals surface area contributed by atoms with Crippen molar-refractivity contribution in [2.45, 2.75) is 33.4 Å². The first-order valence-electron chi connectivity index (χ1n) is 4.35. The molecule has 1 aromatic heterocycles. The van der Waals surface area contributed by atoms with Crippen LogP contribution in [0.15, 0.2) is 10.2 Å². The molecule has 0 aliphatic heterocycles. The standard InChI is InChI=1S/C9H13NO3S/c1-6(2)13-8(11)4-10-7(3)5-14-9(10)12/h5-6H,4H2,1-3H3. The Bertz CT molecular complexity index is 378. The number of thiazole rings is 1. The highest BCUT2D eigenvalue weighted by atomic mass is 32.1. The van der Waals surface area contributed by atoms with Gasteiger partial charge in [0.25, 0.3) is 0 Å². The van der Waals surface area contributed by atoms with Crippen LogP contribution in [0, 0.1) is 6.92 Å². The zero-order chi connectivity index (χ0) is 10.7. The minimum atomic E-state index is -0.372. The van der Waals surface area contributed by atoms with Crippen LogP contribution in [-0.2, 0) is 16.1 Å². The number of ether oxygens (including phenoxy) is 1. The van der Waals surface area contributed by atoms with Gasteiger partial charge in [-0.05, 0) is 20.8 Å². The van der Waals surface area contributed by atoms with Crippen LogP contribution >= 0.6 is 11.3 Å². The highest BCUT2D eigenvalue weighted by molar-refractivity contribution is 7.07. The summed E-state index contributed by atoms with van der Waals surface area (Å²) in [5.41, 5.74) is 0.792. The van der Waals surface area contributed by atoms with Crippen molar-refractivity contribution in [3.8, 4) is 0 Å². The van der Waals surface area contributed by atoms with Crippen LogP contribution < -0.4 is 4.87 Å². The molecule has 0 unspecified atom stereocenters. The Morgan fingerprint density at radius 2 is 2.29 bits per heavy atom. The molecule has 4 nitrogen and oxygen atoms in total. The van der Waals surface area contributed by atoms with Crippen LogP contribution in [0.4, 0.5) is 0 Å². The number of esters is 1. The number of carbonyl (C=O) groups excluding carboxylic acids is 1. The van der Waals surface area contributed by atoms with E-state index < -0.39 is 0 Å². The maximum atomic E-state index is 11.2. The van der Waals surface area contributed by atoms with Crippen molar-refractivity contribution < 1.29 is 9.53 Å². The molecule has 0 aliphatic rings. The molecule has 0 amide bonds. The molecule has 0 fully saturated rings. The predicted molar refractivity (Wildman–Crippen MR) is 54.5 cm³/mol. The van der Waals surface area contributed by atoms with Gasteiger partial charge in [0.05, 0.1) is 6.10 Å². The average molecular weight is 215 g/mol. The van der Waals surface area contributed by atoms with E-state index in [2.05, 4.69) is 0 Å². The van der Waals surface area contributed by atoms with E-state index in [1.165, 1.54) is 4.57 Å². The molecule has 0 saturated heterocycles. The van der Waals surface area contributed by atoms with Gasteiger partial charge in [0.1, 0.15) is 6.54 Å². The summed E-state index contributed by atoms with van der Waals surface area (Å²) >= 11 is 1.09. The lowest BCUT2D eigenvalue weighted by atomic mass is 10.4. The quantitative estimate of drug-likeness (QED) is 0.711. The maximum Gasteiger partial charge on any atom is 0.326 e. The van der Waals surface area contributed by atoms with E-state index in [0.29, 0.717) is 0 Å². The van der Waals surface area contributed by atoms with E-state index in [0.717, 1.165) is 17.0 Å². The fourth-order valence-corrected chi connectivity index (χ4v) is 1.76. The van der Waals surface area contributed by atoms with Gasteiger partial charge in [-0.1, -0.05) is 11.3 Å². The topological polar surface area (TPSA) is 48.3 Å². The zero-order valence-corrected chi connectivity index (χ0v) is 9.26. The summed E-state index contributed by atoms with van der Waals surface area (Å²) in [5.74, 6) is -0.372. The smallest absolute Gasteiger partial charge is 0.326 e. The zero-order valence-electron chi connectivity index (χ0n) is 8.44. The average Bonchev–Trinajstić information content (AvgIpc) is 2.34. The third-order valence-electron chi connectivity index (χ3n) is 1.63. The van der Waals surface area contributed by atoms with Gasteiger partial charge in [0.15, 0.2) is 0 Å². The van der Waals surface area contributed by atoms with Crippen LogP contribution in [-0.4, -0.2) is 16.6 Å². The molecule has 0 saturated carbocycles. The number of rotatable bonds is 3. The summed E-state index contributed by atoms with van der Waals surface area (Å²) < 4.78 is 6.35. The van der Waals surface area contributed by atoms with E-state index in [-0.39, 0.29) is 23.5 Å². The van der Waals surface area contributed by atoms with Crippen LogP contribution in [0.3, 0.4) is 0 Å². The van der Waals surface area contributed by atoms with Crippen LogP contribution in [0.1, 0.15) is 19.5 Å². The van der Waals surface area contributed by atoms with E-state index in [9.17, 15) is 9.59 Å². The molecule has 0 spiro atoms. The van der Waals surface area contributed by atoms with Crippen molar-refractivity contribution in [2.75, 3.05) is 0 Å². The minimum Gasteiger partial charge on any atom is -0.462 e. The predicted octanol–water partition coefficient (Wildman–Crippen LogP) is 1.17. The summed E-state index contributed by atoms with van der Waals surface area (Å²) in [6.45, 7) is 5.36. The lowest BCUT2D eigenvalue weighted by Gasteiger charge is -2.08. The Balaban J connectivity index is 2.69. The Hall–Kier alpha value is -1.10. The third-order valence-corrected chi connectivity index (χ3v) is 2.51. The van der Waals surface area contributed by atoms with Crippen molar-refractivity contribution in [3.63, 3.8) is 0 Å². The van der Waals surface area contributed by atoms with Crippen LogP contribution in [0.2, 0.25) is 0 Å². The van der Waals surface area contributed by atoms with Crippen LogP contribution in [0.5, 0.6) is 0 Å². The second-order valence-electron chi connectivity index (χ2n) is 3.27. The van der Waals surface area contributed by atoms with Crippen molar-refractivity contribution in [2.24, 2.45) is 0 Å². The molecule has 78 valence electrons. The molecule has 5 heteroatoms. The number of nitrogens with zero attached hydrogens (tertiary/aromatic N) is 1. The molecule has 0 aliphatic carbocycles. The van der Waals surface area contributed by atoms with E-state index >= 15 is 0 Å². The lowest BCUT2D eigenvalue weighted by Crippen LogP contribution is -2.23. The van der Waals surface area contributed by atoms with Gasteiger partial charge in [-0.3, -0.25) is 14.2 Å². The Kier molecular flexibility index (Phi) is 3.46. The molecule has 0 radical (unpaired) electrons. The van der Waals surface area contributed by atoms with E-state index in [4.69, 9.17) is 4.74 Å². The highest BCUT2D eigenvalue weighted by Gasteiger charge is 2.10. The first kappa shape index (κ1) is 11.0. The number of hydrogen-bond acceptors (Lipinski definition) is 4. The Morgan fingerprint density at radius 3 is 2.71 bits per heavy atom. The molecular weight excluding hydrogens is 202 g/mol. The third kappa shape index (κ3) is 2.70. The molecule has 0 atom stereocenters. The summed E-state index contributed by atoms with van der Waals surface area (Å²) in [6, 6.07) is 0. The summed E-state index contributed by atoms with van der Waals surface area (Å²) in [4.78, 5) is 22.4. The largest absolute Gasteiger partial charge is 0.462 e. The molecule has 1 aromatic rings. The molecule has 1 heterocycles. The highest BCUT2D eigenvalue weighted by Crippen LogP contribution is 2.00. The fourth-order valence-electron chi connectivity index (χ4n) is 1.03. The molecule has 0 aromatic carbocycles. The summed E-state index contributed by atoms with van der Waals surface area (Å²) in [5, 5.41) is 1.73. The molecule has 14 heavy (non-hydrogen) atoms. The Morgan fingerprint density at radius 1 is 1.64 bits per heavy atom. The molecule has 0 bridgehead atoms. The monoisotopic (exact) mass is 215 g/mol. The van der Waals surface area contributed by atoms with Crippen molar-refractivity contribution >= 4 is 17.3 Å². The van der Waals surface area contributed by atoms with Gasteiger partial charge in [-0.25, -0.2) is 0 Å². The fraction of sp³-hybridized carbons (Fsp3) is 0.556. The summed E-state index contributed by atoms with van der Waals surface area (Å²) in [7, 11) is 0. The molecular formula is C9H13NO3S. The Labute approximate surface area is 86.1 Å². The van der Waals surface area contributed by atoms with Gasteiger partial charge < -0.3 is 4.74 Å². The second-order valence-corrected chi connectivity index (χ2v) is 4.09. The van der Waals surface area contributed by atoms with Gasteiger partial charge in [-0.2, -0.15) is 0 Å². The van der Waals surface area contributed by atoms with Crippen molar-refractivity contribution in [1.29, 1.82) is 0 Å². The van der Waals surface area contributed by atoms with Gasteiger partial charge in [0.2, 0.25) is 0 Å². The number of aromatic nitrogens is 1. The first-order chi connectivity index (χ1) is 6.50. The second kappa shape index (κ2) is 4.41. The molecule has 0 N–H and O–H groups in total. The number of hydrogen-bond donors (Lipinski definition) is 0. The first-order valence-corrected chi connectivity index (χ1v) is 5.23. The normalized spacial score (nSPS) is 10.6. The summed E-state index contributed by atoms with van der Waals surface area (Å²) in [6.07, 6.45) is -0.142. The van der Waals surface area contributed by atoms with Gasteiger partial charge in [0, 0.05) is 11.1 Å². The van der Waals surface area contributed by atoms with Crippen molar-refractivity contribution in [3.05, 3.63) is 20.7 Å². The van der Waals surface area contributed by atoms with Crippen molar-refractivity contribution in [1.82, 2.24) is 4.57 Å². The van der Waals surface area contributed by atoms with E-state index in [1.807, 2.05) is 0 Å². The van der Waals surface area contributed by atoms with Crippen LogP contribution in [0.25, 0.3) is 0 Å². The molecule has 1 rings (SSSR count). The van der Waals surface area contributed by atoms with Gasteiger partial charge in [-0.15, -0.1) is 0 Å². The minimum absolute atomic E-state index is 0.00630. The SMILES string of the molecule is Cc1csc(=O)n1CC(=O)OC(C)C.